The van der Waals surface area contributed by atoms with Crippen LogP contribution in [-0.2, 0) is 9.09 Å². The van der Waals surface area contributed by atoms with Crippen LogP contribution in [0.15, 0.2) is 11.9 Å². The van der Waals surface area contributed by atoms with E-state index in [2.05, 4.69) is 33.8 Å². The minimum Gasteiger partial charge on any atom is -0.323 e. The predicted molar refractivity (Wildman–Crippen MR) is 128 cm³/mol. The summed E-state index contributed by atoms with van der Waals surface area (Å²) in [6.45, 7) is 10.6. The molecule has 2 nitrogen and oxygen atoms in total. The summed E-state index contributed by atoms with van der Waals surface area (Å²) in [4.78, 5) is 0. The van der Waals surface area contributed by atoms with Gasteiger partial charge in [-0.3, -0.25) is 4.57 Å². The molecule has 0 aromatic carbocycles. The Labute approximate surface area is 177 Å². The van der Waals surface area contributed by atoms with Crippen LogP contribution in [0.2, 0.25) is 0 Å². The molecule has 168 valence electrons. The van der Waals surface area contributed by atoms with Gasteiger partial charge in [0, 0.05) is 6.66 Å². The van der Waals surface area contributed by atoms with Gasteiger partial charge in [0.05, 0.1) is 6.10 Å². The topological polar surface area (TPSA) is 26.3 Å². The first-order valence-corrected chi connectivity index (χ1v) is 14.5. The van der Waals surface area contributed by atoms with E-state index in [-0.39, 0.29) is 6.10 Å². The highest BCUT2D eigenvalue weighted by molar-refractivity contribution is 7.61. The standard InChI is InChI=1S/C25H51O2P/c1-6-9-12-15-18-21-25(20-17-14-11-8-3)22-23-28(5,26)27-24(4)19-16-13-10-7-2/h22-25H,6-21H2,1-5H3/b23-22+. The number of hydrogen-bond acceptors (Lipinski definition) is 2. The second kappa shape index (κ2) is 18.9. The zero-order valence-electron chi connectivity index (χ0n) is 19.9. The summed E-state index contributed by atoms with van der Waals surface area (Å²) in [5.74, 6) is 2.49. The fraction of sp³-hybridized carbons (Fsp3) is 0.920. The lowest BCUT2D eigenvalue weighted by molar-refractivity contribution is 0.214. The van der Waals surface area contributed by atoms with Crippen molar-refractivity contribution < 1.29 is 9.09 Å². The van der Waals surface area contributed by atoms with E-state index in [1.807, 2.05) is 5.82 Å². The average Bonchev–Trinajstić information content (AvgIpc) is 2.65. The lowest BCUT2D eigenvalue weighted by atomic mass is 9.94. The summed E-state index contributed by atoms with van der Waals surface area (Å²) < 4.78 is 18.8. The van der Waals surface area contributed by atoms with Crippen molar-refractivity contribution in [1.82, 2.24) is 0 Å². The van der Waals surface area contributed by atoms with Gasteiger partial charge >= 0.3 is 0 Å². The largest absolute Gasteiger partial charge is 0.323 e. The van der Waals surface area contributed by atoms with Gasteiger partial charge in [-0.2, -0.15) is 0 Å². The normalized spacial score (nSPS) is 16.3. The molecule has 0 rings (SSSR count). The summed E-state index contributed by atoms with van der Waals surface area (Å²) in [6.07, 6.45) is 22.7. The molecule has 3 heteroatoms. The van der Waals surface area contributed by atoms with E-state index in [1.54, 1.807) is 6.66 Å². The maximum Gasteiger partial charge on any atom is 0.222 e. The predicted octanol–water partition coefficient (Wildman–Crippen LogP) is 9.73. The van der Waals surface area contributed by atoms with Crippen molar-refractivity contribution in [2.45, 2.75) is 137 Å². The Balaban J connectivity index is 4.45. The highest BCUT2D eigenvalue weighted by atomic mass is 31.2. The smallest absolute Gasteiger partial charge is 0.222 e. The fourth-order valence-corrected chi connectivity index (χ4v) is 5.21. The Kier molecular flexibility index (Phi) is 18.9. The Morgan fingerprint density at radius 1 is 0.714 bits per heavy atom. The van der Waals surface area contributed by atoms with Crippen LogP contribution in [0, 0.1) is 5.92 Å². The van der Waals surface area contributed by atoms with E-state index in [1.165, 1.54) is 96.3 Å². The Hall–Kier alpha value is -0.0700. The molecule has 0 spiro atoms. The lowest BCUT2D eigenvalue weighted by Gasteiger charge is -2.18. The van der Waals surface area contributed by atoms with Gasteiger partial charge in [0.25, 0.3) is 0 Å². The van der Waals surface area contributed by atoms with Crippen LogP contribution in [0.1, 0.15) is 130 Å². The quantitative estimate of drug-likeness (QED) is 0.146. The molecular formula is C25H51O2P. The van der Waals surface area contributed by atoms with Crippen LogP contribution in [0.5, 0.6) is 0 Å². The summed E-state index contributed by atoms with van der Waals surface area (Å²) >= 11 is 0. The molecule has 0 amide bonds. The van der Waals surface area contributed by atoms with Crippen LogP contribution in [0.25, 0.3) is 0 Å². The van der Waals surface area contributed by atoms with Crippen molar-refractivity contribution in [3.05, 3.63) is 11.9 Å². The van der Waals surface area contributed by atoms with Crippen molar-refractivity contribution in [1.29, 1.82) is 0 Å². The Morgan fingerprint density at radius 2 is 1.14 bits per heavy atom. The minimum atomic E-state index is -2.63. The summed E-state index contributed by atoms with van der Waals surface area (Å²) in [5.41, 5.74) is 0. The molecule has 3 atom stereocenters. The van der Waals surface area contributed by atoms with E-state index >= 15 is 0 Å². The third-order valence-electron chi connectivity index (χ3n) is 5.59. The van der Waals surface area contributed by atoms with Gasteiger partial charge in [0.15, 0.2) is 0 Å². The highest BCUT2D eigenvalue weighted by Crippen LogP contribution is 2.46. The SMILES string of the molecule is CCCCCCCC(/C=C/P(C)(=O)OC(C)CCCCCC)CCCCCC. The van der Waals surface area contributed by atoms with Gasteiger partial charge in [-0.15, -0.1) is 0 Å². The van der Waals surface area contributed by atoms with Crippen LogP contribution in [0.4, 0.5) is 0 Å². The molecule has 0 aliphatic carbocycles. The molecule has 3 unspecified atom stereocenters. The maximum atomic E-state index is 12.9. The number of rotatable bonds is 20. The van der Waals surface area contributed by atoms with Gasteiger partial charge in [-0.05, 0) is 37.9 Å². The van der Waals surface area contributed by atoms with E-state index in [0.717, 1.165) is 6.42 Å². The van der Waals surface area contributed by atoms with Gasteiger partial charge in [0.1, 0.15) is 0 Å². The first kappa shape index (κ1) is 27.9. The Morgan fingerprint density at radius 3 is 1.64 bits per heavy atom. The van der Waals surface area contributed by atoms with Crippen molar-refractivity contribution in [2.75, 3.05) is 6.66 Å². The van der Waals surface area contributed by atoms with Crippen LogP contribution < -0.4 is 0 Å². The monoisotopic (exact) mass is 414 g/mol. The zero-order chi connectivity index (χ0) is 21.1. The molecule has 0 radical (unpaired) electrons. The zero-order valence-corrected chi connectivity index (χ0v) is 20.8. The summed E-state index contributed by atoms with van der Waals surface area (Å²) in [5, 5.41) is 0. The van der Waals surface area contributed by atoms with Gasteiger partial charge in [-0.25, -0.2) is 0 Å². The summed E-state index contributed by atoms with van der Waals surface area (Å²) in [7, 11) is -2.63. The van der Waals surface area contributed by atoms with E-state index < -0.39 is 7.37 Å². The molecular weight excluding hydrogens is 363 g/mol. The van der Waals surface area contributed by atoms with E-state index in [4.69, 9.17) is 4.52 Å². The minimum absolute atomic E-state index is 0.0920. The second-order valence-corrected chi connectivity index (χ2v) is 11.2. The van der Waals surface area contributed by atoms with Gasteiger partial charge in [0.2, 0.25) is 7.37 Å². The molecule has 0 heterocycles. The number of hydrogen-bond donors (Lipinski definition) is 0. The molecule has 0 aromatic heterocycles. The molecule has 0 fully saturated rings. The first-order chi connectivity index (χ1) is 13.4. The van der Waals surface area contributed by atoms with E-state index in [0.29, 0.717) is 5.92 Å². The molecule has 28 heavy (non-hydrogen) atoms. The summed E-state index contributed by atoms with van der Waals surface area (Å²) in [6, 6.07) is 0. The molecule has 0 saturated heterocycles. The molecule has 0 saturated carbocycles. The number of unbranched alkanes of at least 4 members (excludes halogenated alkanes) is 10. The van der Waals surface area contributed by atoms with Crippen LogP contribution in [0.3, 0.4) is 0 Å². The van der Waals surface area contributed by atoms with Crippen LogP contribution >= 0.6 is 7.37 Å². The third kappa shape index (κ3) is 18.0. The van der Waals surface area contributed by atoms with Crippen molar-refractivity contribution in [2.24, 2.45) is 5.92 Å². The maximum absolute atomic E-state index is 12.9. The van der Waals surface area contributed by atoms with E-state index in [9.17, 15) is 4.57 Å². The lowest BCUT2D eigenvalue weighted by Crippen LogP contribution is -2.05. The number of allylic oxidation sites excluding steroid dienone is 1. The van der Waals surface area contributed by atoms with Crippen molar-refractivity contribution >= 4 is 7.37 Å². The molecule has 0 aliphatic heterocycles. The Bertz CT molecular complexity index is 405. The molecule has 0 N–H and O–H groups in total. The highest BCUT2D eigenvalue weighted by Gasteiger charge is 2.17. The molecule has 0 aromatic rings. The van der Waals surface area contributed by atoms with Gasteiger partial charge < -0.3 is 4.52 Å². The fourth-order valence-electron chi connectivity index (χ4n) is 3.76. The van der Waals surface area contributed by atoms with Crippen molar-refractivity contribution in [3.8, 4) is 0 Å². The van der Waals surface area contributed by atoms with Crippen LogP contribution in [-0.4, -0.2) is 12.8 Å². The van der Waals surface area contributed by atoms with Crippen molar-refractivity contribution in [3.63, 3.8) is 0 Å². The van der Waals surface area contributed by atoms with Gasteiger partial charge in [-0.1, -0.05) is 110 Å². The first-order valence-electron chi connectivity index (χ1n) is 12.4. The average molecular weight is 415 g/mol. The second-order valence-electron chi connectivity index (χ2n) is 8.83. The molecule has 0 aliphatic rings. The third-order valence-corrected chi connectivity index (χ3v) is 7.08. The molecule has 0 bridgehead atoms.